The Balaban J connectivity index is 1.15. The molecule has 3 unspecified atom stereocenters. The maximum absolute atomic E-state index is 12.2. The fourth-order valence-electron chi connectivity index (χ4n) is 5.03. The third kappa shape index (κ3) is 6.44. The summed E-state index contributed by atoms with van der Waals surface area (Å²) in [6, 6.07) is -0.0285. The van der Waals surface area contributed by atoms with Crippen LogP contribution in [-0.4, -0.2) is 72.4 Å². The topological polar surface area (TPSA) is 107 Å². The number of ether oxygens (including phenoxy) is 4. The number of carbonyl (C=O) groups is 2. The van der Waals surface area contributed by atoms with Crippen LogP contribution in [0, 0.1) is 11.8 Å². The van der Waals surface area contributed by atoms with Gasteiger partial charge in [-0.3, -0.25) is 9.59 Å². The average Bonchev–Trinajstić information content (AvgIpc) is 3.67. The van der Waals surface area contributed by atoms with Crippen molar-refractivity contribution in [3.8, 4) is 0 Å². The van der Waals surface area contributed by atoms with Crippen molar-refractivity contribution in [1.82, 2.24) is 5.32 Å². The van der Waals surface area contributed by atoms with Crippen LogP contribution in [0.3, 0.4) is 0 Å². The molecule has 0 aromatic heterocycles. The molecule has 0 aromatic rings. The van der Waals surface area contributed by atoms with Crippen LogP contribution in [0.5, 0.6) is 0 Å². The molecule has 8 nitrogen and oxygen atoms in total. The zero-order chi connectivity index (χ0) is 23.6. The predicted octanol–water partition coefficient (Wildman–Crippen LogP) is 2.05. The summed E-state index contributed by atoms with van der Waals surface area (Å²) in [4.78, 5) is 23.1. The first-order valence-corrected chi connectivity index (χ1v) is 12.2. The second-order valence-corrected chi connectivity index (χ2v) is 9.99. The Hall–Kier alpha value is -1.74. The minimum Gasteiger partial charge on any atom is -0.459 e. The fourth-order valence-corrected chi connectivity index (χ4v) is 5.03. The highest BCUT2D eigenvalue weighted by molar-refractivity contribution is 5.87. The SMILES string of the molecule is CC(=O)O[C@@H](C)/C=C\C(=O)N[C@@H]1CC[C@H](CC2CC2/C=C/C2OCC[C@@]3(CO3)[C@@H]2O)O[C@@H]1C. The van der Waals surface area contributed by atoms with Crippen LogP contribution in [0.25, 0.3) is 0 Å². The number of amides is 1. The predicted molar refractivity (Wildman–Crippen MR) is 120 cm³/mol. The first-order chi connectivity index (χ1) is 15.8. The molecule has 1 amide bonds. The van der Waals surface area contributed by atoms with Gasteiger partial charge < -0.3 is 29.4 Å². The number of rotatable bonds is 8. The zero-order valence-electron chi connectivity index (χ0n) is 19.8. The number of esters is 1. The lowest BCUT2D eigenvalue weighted by molar-refractivity contribution is -0.143. The third-order valence-electron chi connectivity index (χ3n) is 7.26. The minimum atomic E-state index is -0.575. The molecule has 8 heteroatoms. The number of hydrogen-bond donors (Lipinski definition) is 2. The number of carbonyl (C=O) groups excluding carboxylic acids is 2. The van der Waals surface area contributed by atoms with Crippen molar-refractivity contribution in [2.24, 2.45) is 11.8 Å². The molecule has 184 valence electrons. The fraction of sp³-hybridized carbons (Fsp3) is 0.760. The van der Waals surface area contributed by atoms with Gasteiger partial charge in [-0.2, -0.15) is 0 Å². The van der Waals surface area contributed by atoms with E-state index >= 15 is 0 Å². The van der Waals surface area contributed by atoms with Gasteiger partial charge >= 0.3 is 5.97 Å². The summed E-state index contributed by atoms with van der Waals surface area (Å²) >= 11 is 0. The van der Waals surface area contributed by atoms with Gasteiger partial charge in [-0.15, -0.1) is 0 Å². The Morgan fingerprint density at radius 1 is 1.30 bits per heavy atom. The number of hydrogen-bond acceptors (Lipinski definition) is 7. The molecular weight excluding hydrogens is 426 g/mol. The van der Waals surface area contributed by atoms with Crippen LogP contribution in [0.15, 0.2) is 24.3 Å². The number of aliphatic hydroxyl groups is 1. The summed E-state index contributed by atoms with van der Waals surface area (Å²) in [6.07, 6.45) is 10.8. The summed E-state index contributed by atoms with van der Waals surface area (Å²) < 4.78 is 22.4. The molecule has 3 heterocycles. The van der Waals surface area contributed by atoms with Gasteiger partial charge in [-0.05, 0) is 57.4 Å². The van der Waals surface area contributed by atoms with Crippen LogP contribution in [0.2, 0.25) is 0 Å². The van der Waals surface area contributed by atoms with Crippen molar-refractivity contribution < 1.29 is 33.6 Å². The number of aliphatic hydroxyl groups excluding tert-OH is 1. The van der Waals surface area contributed by atoms with E-state index in [-0.39, 0.29) is 41.8 Å². The van der Waals surface area contributed by atoms with Gasteiger partial charge in [0.2, 0.25) is 5.91 Å². The second-order valence-electron chi connectivity index (χ2n) is 9.99. The lowest BCUT2D eigenvalue weighted by Gasteiger charge is -2.35. The molecule has 4 fully saturated rings. The molecule has 4 aliphatic rings. The molecular formula is C25H37NO7. The smallest absolute Gasteiger partial charge is 0.303 e. The molecule has 3 aliphatic heterocycles. The molecule has 9 atom stereocenters. The summed E-state index contributed by atoms with van der Waals surface area (Å²) in [5, 5.41) is 13.5. The van der Waals surface area contributed by atoms with Gasteiger partial charge in [0, 0.05) is 19.4 Å². The molecule has 2 N–H and O–H groups in total. The van der Waals surface area contributed by atoms with Crippen molar-refractivity contribution in [2.45, 2.75) is 95.0 Å². The third-order valence-corrected chi connectivity index (χ3v) is 7.26. The van der Waals surface area contributed by atoms with E-state index < -0.39 is 12.2 Å². The first kappa shape index (κ1) is 24.4. The highest BCUT2D eigenvalue weighted by Gasteiger charge is 2.55. The van der Waals surface area contributed by atoms with E-state index in [4.69, 9.17) is 18.9 Å². The molecule has 4 rings (SSSR count). The van der Waals surface area contributed by atoms with Crippen molar-refractivity contribution in [3.05, 3.63) is 24.3 Å². The van der Waals surface area contributed by atoms with Crippen molar-refractivity contribution in [2.75, 3.05) is 13.2 Å². The maximum atomic E-state index is 12.2. The Morgan fingerprint density at radius 2 is 2.09 bits per heavy atom. The molecule has 0 radical (unpaired) electrons. The van der Waals surface area contributed by atoms with E-state index in [1.807, 2.05) is 13.0 Å². The number of nitrogens with one attached hydrogen (secondary N) is 1. The average molecular weight is 464 g/mol. The van der Waals surface area contributed by atoms with Crippen LogP contribution >= 0.6 is 0 Å². The van der Waals surface area contributed by atoms with Crippen molar-refractivity contribution >= 4 is 11.9 Å². The summed E-state index contributed by atoms with van der Waals surface area (Å²) in [6.45, 7) is 6.33. The van der Waals surface area contributed by atoms with Crippen LogP contribution in [0.4, 0.5) is 0 Å². The van der Waals surface area contributed by atoms with Crippen LogP contribution in [-0.2, 0) is 28.5 Å². The van der Waals surface area contributed by atoms with Gasteiger partial charge in [-0.1, -0.05) is 12.2 Å². The van der Waals surface area contributed by atoms with Crippen LogP contribution in [0.1, 0.15) is 52.9 Å². The Bertz CT molecular complexity index is 777. The largest absolute Gasteiger partial charge is 0.459 e. The van der Waals surface area contributed by atoms with E-state index in [1.165, 1.54) is 13.0 Å². The van der Waals surface area contributed by atoms with E-state index in [2.05, 4.69) is 11.4 Å². The number of epoxide rings is 1. The molecule has 1 spiro atoms. The Labute approximate surface area is 195 Å². The normalized spacial score (nSPS) is 41.3. The highest BCUT2D eigenvalue weighted by Crippen LogP contribution is 2.46. The van der Waals surface area contributed by atoms with Gasteiger partial charge in [0.05, 0.1) is 31.5 Å². The molecule has 33 heavy (non-hydrogen) atoms. The maximum Gasteiger partial charge on any atom is 0.303 e. The van der Waals surface area contributed by atoms with Gasteiger partial charge in [0.25, 0.3) is 0 Å². The lowest BCUT2D eigenvalue weighted by Crippen LogP contribution is -2.47. The van der Waals surface area contributed by atoms with Crippen molar-refractivity contribution in [1.29, 1.82) is 0 Å². The molecule has 0 aromatic carbocycles. The Morgan fingerprint density at radius 3 is 2.79 bits per heavy atom. The molecule has 1 aliphatic carbocycles. The van der Waals surface area contributed by atoms with Crippen LogP contribution < -0.4 is 5.32 Å². The van der Waals surface area contributed by atoms with Gasteiger partial charge in [0.1, 0.15) is 23.9 Å². The molecule has 0 bridgehead atoms. The van der Waals surface area contributed by atoms with Gasteiger partial charge in [-0.25, -0.2) is 0 Å². The quantitative estimate of drug-likeness (QED) is 0.246. The molecule has 1 saturated carbocycles. The van der Waals surface area contributed by atoms with E-state index in [9.17, 15) is 14.7 Å². The van der Waals surface area contributed by atoms with Crippen molar-refractivity contribution in [3.63, 3.8) is 0 Å². The van der Waals surface area contributed by atoms with E-state index in [1.54, 1.807) is 13.0 Å². The monoisotopic (exact) mass is 463 g/mol. The summed E-state index contributed by atoms with van der Waals surface area (Å²) in [5.41, 5.74) is -0.357. The van der Waals surface area contributed by atoms with Gasteiger partial charge in [0.15, 0.2) is 0 Å². The van der Waals surface area contributed by atoms with E-state index in [0.29, 0.717) is 25.0 Å². The first-order valence-electron chi connectivity index (χ1n) is 12.2. The highest BCUT2D eigenvalue weighted by atomic mass is 16.6. The molecule has 3 saturated heterocycles. The Kier molecular flexibility index (Phi) is 7.58. The second kappa shape index (κ2) is 10.3. The summed E-state index contributed by atoms with van der Waals surface area (Å²) in [5.74, 6) is 0.537. The number of allylic oxidation sites excluding steroid dienone is 1. The zero-order valence-corrected chi connectivity index (χ0v) is 19.8. The minimum absolute atomic E-state index is 0.0285. The van der Waals surface area contributed by atoms with E-state index in [0.717, 1.165) is 32.1 Å². The summed E-state index contributed by atoms with van der Waals surface area (Å²) in [7, 11) is 0. The lowest BCUT2D eigenvalue weighted by atomic mass is 9.92. The standard InChI is InChI=1S/C25H37NO7/c1-15(32-17(3)27)4-9-23(28)26-21-7-6-20(33-16(21)2)13-19-12-18(19)5-8-22-24(29)25(14-31-25)10-11-30-22/h4-5,8-9,15-16,18-22,24,29H,6-7,10-14H2,1-3H3,(H,26,28)/b8-5+,9-4-/t15-,16+,18?,19?,20+,21+,22?,24+,25+/m0/s1.